The molecule has 5 heteroatoms. The van der Waals surface area contributed by atoms with Crippen LogP contribution in [0.25, 0.3) is 32.7 Å². The van der Waals surface area contributed by atoms with E-state index in [9.17, 15) is 0 Å². The zero-order valence-electron chi connectivity index (χ0n) is 25.0. The summed E-state index contributed by atoms with van der Waals surface area (Å²) in [6.45, 7) is 2.08. The lowest BCUT2D eigenvalue weighted by Gasteiger charge is -2.32. The Morgan fingerprint density at radius 3 is 1.87 bits per heavy atom. The van der Waals surface area contributed by atoms with Gasteiger partial charge in [-0.15, -0.1) is 0 Å². The monoisotopic (exact) mass is 591 g/mol. The topological polar surface area (TPSA) is 34.8 Å². The summed E-state index contributed by atoms with van der Waals surface area (Å²) in [5.74, 6) is 3.42. The number of rotatable bonds is 3. The zero-order chi connectivity index (χ0) is 30.4. The van der Waals surface area contributed by atoms with Crippen LogP contribution >= 0.6 is 0 Å². The van der Waals surface area contributed by atoms with E-state index in [2.05, 4.69) is 133 Å². The third-order valence-electron chi connectivity index (χ3n) is 9.40. The van der Waals surface area contributed by atoms with Crippen LogP contribution < -0.4 is 30.8 Å². The average Bonchev–Trinajstić information content (AvgIpc) is 3.45. The van der Waals surface area contributed by atoms with Gasteiger partial charge in [0.25, 0.3) is 6.71 Å². The van der Waals surface area contributed by atoms with Crippen molar-refractivity contribution in [1.82, 2.24) is 0 Å². The predicted octanol–water partition coefficient (Wildman–Crippen LogP) is 9.25. The minimum atomic E-state index is -0.0177. The van der Waals surface area contributed by atoms with Crippen LogP contribution in [0.2, 0.25) is 0 Å². The Kier molecular flexibility index (Phi) is 5.26. The standard InChI is InChI=1S/C41H26BNO3/c1-25-19-20-31-37(21-25)44-34-17-10-18-35-41(34)42(31)32-23-36-30(22-38(32)45-35)40-29-16-9-8-15-28(29)33(24-39(40)46-36)43(26-11-4-2-5-12-26)27-13-6-3-7-14-27/h2-24H,1H3. The lowest BCUT2D eigenvalue weighted by Crippen LogP contribution is -2.57. The first-order chi connectivity index (χ1) is 22.7. The van der Waals surface area contributed by atoms with Crippen LogP contribution in [0.3, 0.4) is 0 Å². The molecule has 3 heterocycles. The summed E-state index contributed by atoms with van der Waals surface area (Å²) in [5.41, 5.74) is 9.36. The van der Waals surface area contributed by atoms with Crippen LogP contribution in [0.1, 0.15) is 5.56 Å². The summed E-state index contributed by atoms with van der Waals surface area (Å²) in [5, 5.41) is 4.41. The van der Waals surface area contributed by atoms with E-state index in [-0.39, 0.29) is 6.71 Å². The van der Waals surface area contributed by atoms with E-state index in [4.69, 9.17) is 13.9 Å². The van der Waals surface area contributed by atoms with Crippen molar-refractivity contribution in [3.05, 3.63) is 145 Å². The highest BCUT2D eigenvalue weighted by Crippen LogP contribution is 2.45. The molecule has 0 spiro atoms. The van der Waals surface area contributed by atoms with Crippen molar-refractivity contribution >= 4 is 72.9 Å². The van der Waals surface area contributed by atoms with E-state index < -0.39 is 0 Å². The highest BCUT2D eigenvalue weighted by Gasteiger charge is 2.40. The zero-order valence-corrected chi connectivity index (χ0v) is 25.0. The van der Waals surface area contributed by atoms with E-state index in [1.807, 2.05) is 18.2 Å². The number of ether oxygens (including phenoxy) is 2. The van der Waals surface area contributed by atoms with Crippen LogP contribution in [-0.4, -0.2) is 6.71 Å². The minimum absolute atomic E-state index is 0.0177. The number of para-hydroxylation sites is 2. The second-order valence-corrected chi connectivity index (χ2v) is 12.2. The number of nitrogens with zero attached hydrogens (tertiary/aromatic N) is 1. The van der Waals surface area contributed by atoms with Crippen LogP contribution in [0, 0.1) is 6.92 Å². The summed E-state index contributed by atoms with van der Waals surface area (Å²) in [6, 6.07) is 48.7. The molecule has 46 heavy (non-hydrogen) atoms. The maximum atomic E-state index is 6.81. The van der Waals surface area contributed by atoms with Crippen molar-refractivity contribution in [2.45, 2.75) is 6.92 Å². The summed E-state index contributed by atoms with van der Waals surface area (Å²) < 4.78 is 19.9. The Balaban J connectivity index is 1.24. The van der Waals surface area contributed by atoms with Crippen LogP contribution in [0.5, 0.6) is 23.0 Å². The fourth-order valence-electron chi connectivity index (χ4n) is 7.41. The van der Waals surface area contributed by atoms with Gasteiger partial charge in [-0.1, -0.05) is 78.9 Å². The number of hydrogen-bond donors (Lipinski definition) is 0. The first-order valence-electron chi connectivity index (χ1n) is 15.6. The molecule has 0 fully saturated rings. The number of hydrogen-bond acceptors (Lipinski definition) is 4. The van der Waals surface area contributed by atoms with Crippen LogP contribution in [-0.2, 0) is 0 Å². The van der Waals surface area contributed by atoms with Crippen molar-refractivity contribution in [2.75, 3.05) is 4.90 Å². The van der Waals surface area contributed by atoms with E-state index in [1.54, 1.807) is 0 Å². The van der Waals surface area contributed by atoms with Gasteiger partial charge in [-0.05, 0) is 83.4 Å². The van der Waals surface area contributed by atoms with Gasteiger partial charge in [-0.25, -0.2) is 0 Å². The minimum Gasteiger partial charge on any atom is -0.458 e. The summed E-state index contributed by atoms with van der Waals surface area (Å²) >= 11 is 0. The highest BCUT2D eigenvalue weighted by molar-refractivity contribution is 6.98. The molecule has 7 aromatic carbocycles. The smallest absolute Gasteiger partial charge is 0.260 e. The molecule has 0 saturated heterocycles. The molecule has 0 saturated carbocycles. The molecule has 0 unspecified atom stereocenters. The molecule has 216 valence electrons. The molecule has 0 amide bonds. The molecule has 0 radical (unpaired) electrons. The molecular weight excluding hydrogens is 565 g/mol. The quantitative estimate of drug-likeness (QED) is 0.192. The molecule has 10 rings (SSSR count). The average molecular weight is 591 g/mol. The molecular formula is C41H26BNO3. The van der Waals surface area contributed by atoms with Crippen LogP contribution in [0.4, 0.5) is 17.1 Å². The molecule has 8 aromatic rings. The molecule has 2 aliphatic heterocycles. The molecule has 2 aliphatic rings. The highest BCUT2D eigenvalue weighted by atomic mass is 16.5. The first-order valence-corrected chi connectivity index (χ1v) is 15.6. The maximum absolute atomic E-state index is 6.81. The van der Waals surface area contributed by atoms with Gasteiger partial charge >= 0.3 is 0 Å². The fraction of sp³-hybridized carbons (Fsp3) is 0.0244. The van der Waals surface area contributed by atoms with E-state index in [0.29, 0.717) is 0 Å². The van der Waals surface area contributed by atoms with Crippen molar-refractivity contribution in [2.24, 2.45) is 0 Å². The van der Waals surface area contributed by atoms with E-state index in [0.717, 1.165) is 89.2 Å². The van der Waals surface area contributed by atoms with Crippen molar-refractivity contribution in [3.63, 3.8) is 0 Å². The van der Waals surface area contributed by atoms with Crippen molar-refractivity contribution in [3.8, 4) is 23.0 Å². The normalized spacial score (nSPS) is 12.8. The van der Waals surface area contributed by atoms with Gasteiger partial charge in [0.2, 0.25) is 0 Å². The lowest BCUT2D eigenvalue weighted by molar-refractivity contribution is 0.464. The maximum Gasteiger partial charge on any atom is 0.260 e. The SMILES string of the molecule is Cc1ccc2c(c1)Oc1cccc3c1B2c1cc2oc4cc(N(c5ccccc5)c5ccccc5)c5ccccc5c4c2cc1O3. The predicted molar refractivity (Wildman–Crippen MR) is 188 cm³/mol. The Morgan fingerprint density at radius 1 is 0.500 bits per heavy atom. The lowest BCUT2D eigenvalue weighted by atomic mass is 9.35. The second-order valence-electron chi connectivity index (χ2n) is 12.2. The summed E-state index contributed by atoms with van der Waals surface area (Å²) in [7, 11) is 0. The number of benzene rings is 7. The Hall–Kier alpha value is -5.94. The van der Waals surface area contributed by atoms with Gasteiger partial charge in [-0.2, -0.15) is 0 Å². The van der Waals surface area contributed by atoms with Crippen molar-refractivity contribution in [1.29, 1.82) is 0 Å². The number of furan rings is 1. The third-order valence-corrected chi connectivity index (χ3v) is 9.40. The molecule has 1 aromatic heterocycles. The van der Waals surface area contributed by atoms with Gasteiger partial charge < -0.3 is 18.8 Å². The van der Waals surface area contributed by atoms with Gasteiger partial charge in [-0.3, -0.25) is 0 Å². The Morgan fingerprint density at radius 2 is 1.15 bits per heavy atom. The first kappa shape index (κ1) is 25.4. The fourth-order valence-corrected chi connectivity index (χ4v) is 7.41. The third kappa shape index (κ3) is 3.63. The Labute approximate surface area is 266 Å². The van der Waals surface area contributed by atoms with E-state index in [1.165, 1.54) is 5.56 Å². The van der Waals surface area contributed by atoms with Gasteiger partial charge in [0.1, 0.15) is 34.2 Å². The second kappa shape index (κ2) is 9.53. The summed E-state index contributed by atoms with van der Waals surface area (Å²) in [6.07, 6.45) is 0. The molecule has 0 bridgehead atoms. The number of anilines is 3. The van der Waals surface area contributed by atoms with Crippen molar-refractivity contribution < 1.29 is 13.9 Å². The number of aryl methyl sites for hydroxylation is 1. The largest absolute Gasteiger partial charge is 0.458 e. The number of fused-ring (bicyclic) bond motifs is 9. The van der Waals surface area contributed by atoms with E-state index >= 15 is 0 Å². The molecule has 0 N–H and O–H groups in total. The Bertz CT molecular complexity index is 2470. The molecule has 4 nitrogen and oxygen atoms in total. The van der Waals surface area contributed by atoms with Gasteiger partial charge in [0, 0.05) is 39.1 Å². The summed E-state index contributed by atoms with van der Waals surface area (Å²) in [4.78, 5) is 2.31. The molecule has 0 atom stereocenters. The van der Waals surface area contributed by atoms with Gasteiger partial charge in [0.15, 0.2) is 0 Å². The molecule has 0 aliphatic carbocycles. The van der Waals surface area contributed by atoms with Gasteiger partial charge in [0.05, 0.1) is 5.69 Å². The van der Waals surface area contributed by atoms with Crippen LogP contribution in [0.15, 0.2) is 144 Å².